The molecule has 8 nitrogen and oxygen atoms in total. The highest BCUT2D eigenvalue weighted by molar-refractivity contribution is 5.95. The second kappa shape index (κ2) is 6.53. The Kier molecular flexibility index (Phi) is 4.52. The Morgan fingerprint density at radius 1 is 1.33 bits per heavy atom. The largest absolute Gasteiger partial charge is 0.493 e. The number of hydrogen-bond acceptors (Lipinski definition) is 7. The summed E-state index contributed by atoms with van der Waals surface area (Å²) >= 11 is 0. The minimum Gasteiger partial charge on any atom is -0.493 e. The molecule has 0 aliphatic carbocycles. The first kappa shape index (κ1) is 14.5. The molecule has 8 heteroatoms. The SMILES string of the molecule is COc1cc(CO)ccc1Oc1nccc(/C(N)=N/O)n1. The topological polar surface area (TPSA) is 123 Å². The maximum atomic E-state index is 9.09. The van der Waals surface area contributed by atoms with E-state index in [4.69, 9.17) is 25.5 Å². The van der Waals surface area contributed by atoms with Gasteiger partial charge in [0.05, 0.1) is 13.7 Å². The van der Waals surface area contributed by atoms with Crippen LogP contribution in [0.15, 0.2) is 35.6 Å². The van der Waals surface area contributed by atoms with E-state index in [2.05, 4.69) is 15.1 Å². The van der Waals surface area contributed by atoms with Crippen LogP contribution in [0.1, 0.15) is 11.3 Å². The molecule has 2 aromatic rings. The quantitative estimate of drug-likeness (QED) is 0.323. The number of oxime groups is 1. The van der Waals surface area contributed by atoms with Crippen molar-refractivity contribution in [3.8, 4) is 17.5 Å². The highest BCUT2D eigenvalue weighted by atomic mass is 16.5. The van der Waals surface area contributed by atoms with Crippen LogP contribution in [0.5, 0.6) is 17.5 Å². The van der Waals surface area contributed by atoms with Crippen molar-refractivity contribution in [2.45, 2.75) is 6.61 Å². The van der Waals surface area contributed by atoms with Crippen molar-refractivity contribution in [2.24, 2.45) is 10.9 Å². The fourth-order valence-electron chi connectivity index (χ4n) is 1.58. The summed E-state index contributed by atoms with van der Waals surface area (Å²) < 4.78 is 10.7. The van der Waals surface area contributed by atoms with Gasteiger partial charge >= 0.3 is 6.01 Å². The standard InChI is InChI=1S/C13H14N4O4/c1-20-11-6-8(7-18)2-3-10(11)21-13-15-5-4-9(16-13)12(14)17-19/h2-6,18-19H,7H2,1H3,(H2,14,17). The smallest absolute Gasteiger partial charge is 0.322 e. The van der Waals surface area contributed by atoms with Gasteiger partial charge in [-0.25, -0.2) is 4.98 Å². The number of aliphatic hydroxyl groups is 1. The zero-order valence-corrected chi connectivity index (χ0v) is 11.2. The highest BCUT2D eigenvalue weighted by Gasteiger charge is 2.10. The molecule has 0 amide bonds. The minimum atomic E-state index is -0.148. The summed E-state index contributed by atoms with van der Waals surface area (Å²) in [7, 11) is 1.48. The molecule has 1 aromatic heterocycles. The molecule has 0 saturated carbocycles. The Bertz CT molecular complexity index is 660. The maximum absolute atomic E-state index is 9.09. The second-order valence-electron chi connectivity index (χ2n) is 3.96. The molecule has 0 saturated heterocycles. The molecular weight excluding hydrogens is 276 g/mol. The van der Waals surface area contributed by atoms with Crippen molar-refractivity contribution in [3.63, 3.8) is 0 Å². The fourth-order valence-corrected chi connectivity index (χ4v) is 1.58. The van der Waals surface area contributed by atoms with E-state index >= 15 is 0 Å². The lowest BCUT2D eigenvalue weighted by Gasteiger charge is -2.10. The van der Waals surface area contributed by atoms with Crippen LogP contribution in [0.3, 0.4) is 0 Å². The number of aromatic nitrogens is 2. The van der Waals surface area contributed by atoms with Gasteiger partial charge in [-0.1, -0.05) is 11.2 Å². The molecule has 0 aliphatic rings. The molecule has 0 bridgehead atoms. The molecule has 110 valence electrons. The van der Waals surface area contributed by atoms with Crippen molar-refractivity contribution in [2.75, 3.05) is 7.11 Å². The first-order valence-electron chi connectivity index (χ1n) is 5.94. The summed E-state index contributed by atoms with van der Waals surface area (Å²) in [5.74, 6) is 0.663. The van der Waals surface area contributed by atoms with Gasteiger partial charge in [0.2, 0.25) is 0 Å². The molecule has 2 rings (SSSR count). The average molecular weight is 290 g/mol. The predicted molar refractivity (Wildman–Crippen MR) is 73.5 cm³/mol. The molecule has 0 unspecified atom stereocenters. The van der Waals surface area contributed by atoms with Crippen LogP contribution in [0.25, 0.3) is 0 Å². The number of benzene rings is 1. The van der Waals surface area contributed by atoms with Gasteiger partial charge in [-0.15, -0.1) is 0 Å². The number of hydrogen-bond donors (Lipinski definition) is 3. The third-order valence-corrected chi connectivity index (χ3v) is 2.62. The van der Waals surface area contributed by atoms with E-state index in [0.29, 0.717) is 17.1 Å². The minimum absolute atomic E-state index is 0.0224. The summed E-state index contributed by atoms with van der Waals surface area (Å²) in [4.78, 5) is 7.94. The predicted octanol–water partition coefficient (Wildman–Crippen LogP) is 0.864. The number of ether oxygens (including phenoxy) is 2. The zero-order chi connectivity index (χ0) is 15.2. The number of amidine groups is 1. The van der Waals surface area contributed by atoms with Crippen LogP contribution in [-0.4, -0.2) is 33.2 Å². The molecule has 0 radical (unpaired) electrons. The van der Waals surface area contributed by atoms with Crippen LogP contribution in [-0.2, 0) is 6.61 Å². The molecule has 1 heterocycles. The number of nitrogens with two attached hydrogens (primary N) is 1. The van der Waals surface area contributed by atoms with Crippen LogP contribution in [0.4, 0.5) is 0 Å². The summed E-state index contributed by atoms with van der Waals surface area (Å²) in [6, 6.07) is 6.46. The summed E-state index contributed by atoms with van der Waals surface area (Å²) in [6.07, 6.45) is 1.42. The van der Waals surface area contributed by atoms with Crippen molar-refractivity contribution in [3.05, 3.63) is 41.7 Å². The van der Waals surface area contributed by atoms with E-state index in [-0.39, 0.29) is 24.1 Å². The second-order valence-corrected chi connectivity index (χ2v) is 3.96. The molecular formula is C13H14N4O4. The van der Waals surface area contributed by atoms with Crippen LogP contribution in [0.2, 0.25) is 0 Å². The summed E-state index contributed by atoms with van der Waals surface area (Å²) in [5.41, 5.74) is 6.37. The number of aliphatic hydroxyl groups excluding tert-OH is 1. The van der Waals surface area contributed by atoms with Gasteiger partial charge in [-0.3, -0.25) is 0 Å². The van der Waals surface area contributed by atoms with Crippen LogP contribution >= 0.6 is 0 Å². The van der Waals surface area contributed by atoms with E-state index in [1.807, 2.05) is 0 Å². The van der Waals surface area contributed by atoms with Crippen molar-refractivity contribution < 1.29 is 19.8 Å². The Hall–Kier alpha value is -2.87. The number of methoxy groups -OCH3 is 1. The zero-order valence-electron chi connectivity index (χ0n) is 11.2. The third kappa shape index (κ3) is 3.37. The van der Waals surface area contributed by atoms with Gasteiger partial charge in [0.15, 0.2) is 17.3 Å². The van der Waals surface area contributed by atoms with Gasteiger partial charge in [0.1, 0.15) is 5.69 Å². The monoisotopic (exact) mass is 290 g/mol. The van der Waals surface area contributed by atoms with Crippen molar-refractivity contribution >= 4 is 5.84 Å². The summed E-state index contributed by atoms with van der Waals surface area (Å²) in [5, 5.41) is 20.6. The molecule has 0 spiro atoms. The fraction of sp³-hybridized carbons (Fsp3) is 0.154. The van der Waals surface area contributed by atoms with E-state index in [9.17, 15) is 0 Å². The molecule has 21 heavy (non-hydrogen) atoms. The van der Waals surface area contributed by atoms with Gasteiger partial charge in [-0.2, -0.15) is 4.98 Å². The Labute approximate surface area is 120 Å². The van der Waals surface area contributed by atoms with E-state index in [0.717, 1.165) is 0 Å². The van der Waals surface area contributed by atoms with Gasteiger partial charge in [0, 0.05) is 6.20 Å². The van der Waals surface area contributed by atoms with E-state index < -0.39 is 0 Å². The lowest BCUT2D eigenvalue weighted by Crippen LogP contribution is -2.15. The number of rotatable bonds is 5. The average Bonchev–Trinajstić information content (AvgIpc) is 2.54. The molecule has 4 N–H and O–H groups in total. The van der Waals surface area contributed by atoms with E-state index in [1.165, 1.54) is 19.4 Å². The first-order valence-corrected chi connectivity index (χ1v) is 5.94. The summed E-state index contributed by atoms with van der Waals surface area (Å²) in [6.45, 7) is -0.105. The Morgan fingerprint density at radius 2 is 2.14 bits per heavy atom. The lowest BCUT2D eigenvalue weighted by atomic mass is 10.2. The van der Waals surface area contributed by atoms with Crippen LogP contribution in [0, 0.1) is 0 Å². The Balaban J connectivity index is 2.30. The van der Waals surface area contributed by atoms with Gasteiger partial charge in [0.25, 0.3) is 0 Å². The normalized spacial score (nSPS) is 11.2. The highest BCUT2D eigenvalue weighted by Crippen LogP contribution is 2.30. The maximum Gasteiger partial charge on any atom is 0.322 e. The van der Waals surface area contributed by atoms with Crippen molar-refractivity contribution in [1.82, 2.24) is 9.97 Å². The van der Waals surface area contributed by atoms with Crippen molar-refractivity contribution in [1.29, 1.82) is 0 Å². The first-order chi connectivity index (χ1) is 10.2. The van der Waals surface area contributed by atoms with Gasteiger partial charge < -0.3 is 25.5 Å². The molecule has 0 atom stereocenters. The lowest BCUT2D eigenvalue weighted by molar-refractivity contribution is 0.280. The molecule has 0 fully saturated rings. The molecule has 1 aromatic carbocycles. The van der Waals surface area contributed by atoms with Crippen LogP contribution < -0.4 is 15.2 Å². The van der Waals surface area contributed by atoms with E-state index in [1.54, 1.807) is 18.2 Å². The Morgan fingerprint density at radius 3 is 2.81 bits per heavy atom. The third-order valence-electron chi connectivity index (χ3n) is 2.62. The molecule has 0 aliphatic heterocycles. The van der Waals surface area contributed by atoms with Gasteiger partial charge in [-0.05, 0) is 23.8 Å². The number of nitrogens with zero attached hydrogens (tertiary/aromatic N) is 3.